The van der Waals surface area contributed by atoms with E-state index in [0.29, 0.717) is 0 Å². The maximum Gasteiger partial charge on any atom is 0.408 e. The molecule has 1 atom stereocenters. The number of carbonyl (C=O) groups excluding carboxylic acids is 3. The van der Waals surface area contributed by atoms with Crippen LogP contribution in [0.1, 0.15) is 48.0 Å². The second kappa shape index (κ2) is 9.57. The molecule has 0 aliphatic heterocycles. The highest BCUT2D eigenvalue weighted by Crippen LogP contribution is 2.20. The summed E-state index contributed by atoms with van der Waals surface area (Å²) in [6, 6.07) is 0. The Morgan fingerprint density at radius 3 is 1.85 bits per heavy atom. The summed E-state index contributed by atoms with van der Waals surface area (Å²) in [6.07, 6.45) is -1.96. The molecule has 0 saturated carbocycles. The number of hydrogen-bond acceptors (Lipinski definition) is 6. The summed E-state index contributed by atoms with van der Waals surface area (Å²) in [7, 11) is 1.07. The number of rotatable bonds is 7. The number of nitrogens with one attached hydrogen (secondary N) is 2. The third kappa shape index (κ3) is 9.81. The van der Waals surface area contributed by atoms with Crippen LogP contribution in [0.25, 0.3) is 0 Å². The molecule has 0 aromatic rings. The van der Waals surface area contributed by atoms with Crippen molar-refractivity contribution in [2.24, 2.45) is 0 Å². The zero-order chi connectivity index (χ0) is 21.5. The summed E-state index contributed by atoms with van der Waals surface area (Å²) in [5.74, 6) is -0.991. The molecule has 0 radical (unpaired) electrons. The molecule has 156 valence electrons. The molecule has 8 nitrogen and oxygen atoms in total. The molecule has 27 heavy (non-hydrogen) atoms. The SMILES string of the molecule is C=C(CNC(=O)OC(C)(C)C)CC(CF)(NC(=O)OC(C)(C)C)C(=O)OC. The van der Waals surface area contributed by atoms with Crippen LogP contribution in [0.2, 0.25) is 0 Å². The molecule has 1 unspecified atom stereocenters. The first kappa shape index (κ1) is 24.7. The van der Waals surface area contributed by atoms with E-state index in [1.54, 1.807) is 41.5 Å². The zero-order valence-electron chi connectivity index (χ0n) is 17.2. The van der Waals surface area contributed by atoms with Gasteiger partial charge in [0.1, 0.15) is 17.9 Å². The van der Waals surface area contributed by atoms with E-state index in [1.807, 2.05) is 0 Å². The Balaban J connectivity index is 5.10. The molecule has 0 aromatic carbocycles. The Kier molecular flexibility index (Phi) is 8.75. The number of amides is 2. The summed E-state index contributed by atoms with van der Waals surface area (Å²) in [4.78, 5) is 35.9. The van der Waals surface area contributed by atoms with Crippen molar-refractivity contribution >= 4 is 18.2 Å². The molecule has 2 N–H and O–H groups in total. The maximum absolute atomic E-state index is 13.8. The van der Waals surface area contributed by atoms with E-state index >= 15 is 0 Å². The van der Waals surface area contributed by atoms with Gasteiger partial charge in [-0.25, -0.2) is 18.8 Å². The van der Waals surface area contributed by atoms with Crippen LogP contribution in [-0.2, 0) is 19.0 Å². The molecular formula is C18H31FN2O6. The Morgan fingerprint density at radius 1 is 0.963 bits per heavy atom. The second-order valence-electron chi connectivity index (χ2n) is 8.12. The lowest BCUT2D eigenvalue weighted by atomic mass is 9.92. The molecule has 0 heterocycles. The summed E-state index contributed by atoms with van der Waals surface area (Å²) in [5.41, 5.74) is -3.25. The van der Waals surface area contributed by atoms with Gasteiger partial charge in [-0.15, -0.1) is 0 Å². The van der Waals surface area contributed by atoms with E-state index in [9.17, 15) is 18.8 Å². The monoisotopic (exact) mass is 390 g/mol. The normalized spacial score (nSPS) is 13.8. The topological polar surface area (TPSA) is 103 Å². The predicted octanol–water partition coefficient (Wildman–Crippen LogP) is 2.86. The first-order chi connectivity index (χ1) is 12.1. The van der Waals surface area contributed by atoms with E-state index < -0.39 is 41.6 Å². The standard InChI is InChI=1S/C18H31FN2O6/c1-12(10-20-14(23)26-16(2,3)4)9-18(11-19,13(22)25-8)21-15(24)27-17(5,6)7/h1,9-11H2,2-8H3,(H,20,23)(H,21,24). The van der Waals surface area contributed by atoms with E-state index in [0.717, 1.165) is 7.11 Å². The van der Waals surface area contributed by atoms with Gasteiger partial charge in [0, 0.05) is 13.0 Å². The van der Waals surface area contributed by atoms with Gasteiger partial charge in [0.25, 0.3) is 0 Å². The summed E-state index contributed by atoms with van der Waals surface area (Å²) >= 11 is 0. The molecule has 0 rings (SSSR count). The fourth-order valence-corrected chi connectivity index (χ4v) is 2.00. The van der Waals surface area contributed by atoms with Crippen molar-refractivity contribution in [2.75, 3.05) is 20.3 Å². The van der Waals surface area contributed by atoms with Crippen molar-refractivity contribution in [3.05, 3.63) is 12.2 Å². The Labute approximate surface area is 159 Å². The van der Waals surface area contributed by atoms with Crippen molar-refractivity contribution in [2.45, 2.75) is 64.7 Å². The van der Waals surface area contributed by atoms with E-state index in [2.05, 4.69) is 21.9 Å². The molecule has 0 spiro atoms. The minimum Gasteiger partial charge on any atom is -0.467 e. The minimum absolute atomic E-state index is 0.0797. The summed E-state index contributed by atoms with van der Waals surface area (Å²) < 4.78 is 28.6. The lowest BCUT2D eigenvalue weighted by Gasteiger charge is -2.31. The van der Waals surface area contributed by atoms with Crippen molar-refractivity contribution in [1.82, 2.24) is 10.6 Å². The van der Waals surface area contributed by atoms with Crippen LogP contribution in [0.3, 0.4) is 0 Å². The molecular weight excluding hydrogens is 359 g/mol. The van der Waals surface area contributed by atoms with Crippen LogP contribution in [0.4, 0.5) is 14.0 Å². The van der Waals surface area contributed by atoms with Crippen LogP contribution in [0.5, 0.6) is 0 Å². The fourth-order valence-electron chi connectivity index (χ4n) is 2.00. The number of alkyl halides is 1. The quantitative estimate of drug-likeness (QED) is 0.394. The largest absolute Gasteiger partial charge is 0.467 e. The van der Waals surface area contributed by atoms with Gasteiger partial charge in [0.05, 0.1) is 7.11 Å². The molecule has 2 amide bonds. The highest BCUT2D eigenvalue weighted by molar-refractivity contribution is 5.86. The number of carbonyl (C=O) groups is 3. The van der Waals surface area contributed by atoms with Crippen molar-refractivity contribution in [3.8, 4) is 0 Å². The van der Waals surface area contributed by atoms with Crippen LogP contribution >= 0.6 is 0 Å². The van der Waals surface area contributed by atoms with E-state index in [4.69, 9.17) is 9.47 Å². The van der Waals surface area contributed by atoms with Crippen molar-refractivity contribution in [1.29, 1.82) is 0 Å². The number of hydrogen-bond donors (Lipinski definition) is 2. The average Bonchev–Trinajstić information content (AvgIpc) is 2.47. The fraction of sp³-hybridized carbons (Fsp3) is 0.722. The number of halogens is 1. The number of ether oxygens (including phenoxy) is 3. The molecule has 0 aromatic heterocycles. The minimum atomic E-state index is -2.01. The molecule has 0 aliphatic rings. The lowest BCUT2D eigenvalue weighted by molar-refractivity contribution is -0.149. The van der Waals surface area contributed by atoms with Gasteiger partial charge < -0.3 is 24.8 Å². The molecule has 0 aliphatic carbocycles. The number of esters is 1. The Bertz CT molecular complexity index is 565. The lowest BCUT2D eigenvalue weighted by Crippen LogP contribution is -2.58. The highest BCUT2D eigenvalue weighted by atomic mass is 19.1. The van der Waals surface area contributed by atoms with Crippen LogP contribution in [-0.4, -0.2) is 55.2 Å². The highest BCUT2D eigenvalue weighted by Gasteiger charge is 2.43. The molecule has 0 saturated heterocycles. The molecule has 9 heteroatoms. The van der Waals surface area contributed by atoms with Crippen LogP contribution in [0, 0.1) is 0 Å². The van der Waals surface area contributed by atoms with Crippen LogP contribution < -0.4 is 10.6 Å². The Hall–Kier alpha value is -2.32. The van der Waals surface area contributed by atoms with E-state index in [1.165, 1.54) is 0 Å². The van der Waals surface area contributed by atoms with Crippen LogP contribution in [0.15, 0.2) is 12.2 Å². The third-order valence-corrected chi connectivity index (χ3v) is 2.98. The van der Waals surface area contributed by atoms with Gasteiger partial charge in [0.2, 0.25) is 0 Å². The first-order valence-corrected chi connectivity index (χ1v) is 8.43. The van der Waals surface area contributed by atoms with Gasteiger partial charge in [-0.2, -0.15) is 0 Å². The number of methoxy groups -OCH3 is 1. The maximum atomic E-state index is 13.8. The zero-order valence-corrected chi connectivity index (χ0v) is 17.2. The summed E-state index contributed by atoms with van der Waals surface area (Å²) in [5, 5.41) is 4.68. The summed E-state index contributed by atoms with van der Waals surface area (Å²) in [6.45, 7) is 12.4. The molecule has 0 fully saturated rings. The van der Waals surface area contributed by atoms with Crippen molar-refractivity contribution in [3.63, 3.8) is 0 Å². The van der Waals surface area contributed by atoms with Gasteiger partial charge in [-0.1, -0.05) is 12.2 Å². The van der Waals surface area contributed by atoms with Gasteiger partial charge in [-0.05, 0) is 41.5 Å². The Morgan fingerprint density at radius 2 is 1.44 bits per heavy atom. The van der Waals surface area contributed by atoms with Gasteiger partial charge >= 0.3 is 18.2 Å². The second-order valence-corrected chi connectivity index (χ2v) is 8.12. The molecule has 0 bridgehead atoms. The van der Waals surface area contributed by atoms with Crippen molar-refractivity contribution < 1.29 is 33.0 Å². The van der Waals surface area contributed by atoms with Gasteiger partial charge in [0.15, 0.2) is 5.54 Å². The van der Waals surface area contributed by atoms with E-state index in [-0.39, 0.29) is 18.5 Å². The smallest absolute Gasteiger partial charge is 0.408 e. The number of alkyl carbamates (subject to hydrolysis) is 2. The predicted molar refractivity (Wildman–Crippen MR) is 98.1 cm³/mol. The first-order valence-electron chi connectivity index (χ1n) is 8.43. The third-order valence-electron chi connectivity index (χ3n) is 2.98. The van der Waals surface area contributed by atoms with Gasteiger partial charge in [-0.3, -0.25) is 0 Å². The average molecular weight is 390 g/mol.